The fraction of sp³-hybridized carbons (Fsp3) is 0.115. The van der Waals surface area contributed by atoms with Gasteiger partial charge in [0.15, 0.2) is 11.5 Å². The van der Waals surface area contributed by atoms with Crippen LogP contribution in [0.25, 0.3) is 60.9 Å². The van der Waals surface area contributed by atoms with E-state index in [0.29, 0.717) is 11.5 Å². The van der Waals surface area contributed by atoms with Crippen LogP contribution in [-0.2, 0) is 6.42 Å². The number of pyridine rings is 3. The van der Waals surface area contributed by atoms with E-state index in [1.807, 2.05) is 31.6 Å². The van der Waals surface area contributed by atoms with Crippen LogP contribution in [0, 0.1) is 0 Å². The summed E-state index contributed by atoms with van der Waals surface area (Å²) in [6, 6.07) is 10.3. The van der Waals surface area contributed by atoms with E-state index in [-0.39, 0.29) is 0 Å². The second-order valence-electron chi connectivity index (χ2n) is 8.21. The van der Waals surface area contributed by atoms with Crippen molar-refractivity contribution < 1.29 is 0 Å². The van der Waals surface area contributed by atoms with Crippen molar-refractivity contribution in [1.29, 1.82) is 0 Å². The molecule has 0 bridgehead atoms. The third-order valence-electron chi connectivity index (χ3n) is 5.84. The van der Waals surface area contributed by atoms with Gasteiger partial charge in [-0.3, -0.25) is 15.1 Å². The quantitative estimate of drug-likeness (QED) is 0.314. The summed E-state index contributed by atoms with van der Waals surface area (Å²) in [6.45, 7) is 8.18. The maximum atomic E-state index is 4.92. The molecule has 0 aromatic carbocycles. The topological polar surface area (TPSA) is 96.0 Å². The predicted octanol–water partition coefficient (Wildman–Crippen LogP) is 6.28. The Morgan fingerprint density at radius 1 is 1.06 bits per heavy atom. The number of aryl methyl sites for hydroxylation is 1. The second kappa shape index (κ2) is 8.00. The Hall–Kier alpha value is -4.17. The third-order valence-corrected chi connectivity index (χ3v) is 7.10. The van der Waals surface area contributed by atoms with Crippen LogP contribution in [0.3, 0.4) is 0 Å². The van der Waals surface area contributed by atoms with Crippen molar-refractivity contribution in [2.45, 2.75) is 20.3 Å². The molecule has 6 rings (SSSR count). The molecule has 0 saturated heterocycles. The first kappa shape index (κ1) is 20.4. The Balaban J connectivity index is 1.47. The minimum absolute atomic E-state index is 0.640. The molecule has 8 heteroatoms. The minimum atomic E-state index is 0.640. The number of fused-ring (bicyclic) bond motifs is 2. The number of aromatic nitrogens is 7. The zero-order valence-corrected chi connectivity index (χ0v) is 19.6. The summed E-state index contributed by atoms with van der Waals surface area (Å²) in [5.74, 6) is 0.697. The number of nitrogens with one attached hydrogen (secondary N) is 2. The van der Waals surface area contributed by atoms with E-state index < -0.39 is 0 Å². The van der Waals surface area contributed by atoms with Gasteiger partial charge in [-0.2, -0.15) is 5.10 Å². The van der Waals surface area contributed by atoms with Crippen molar-refractivity contribution in [3.8, 4) is 33.2 Å². The van der Waals surface area contributed by atoms with E-state index >= 15 is 0 Å². The summed E-state index contributed by atoms with van der Waals surface area (Å²) in [5, 5.41) is 8.42. The lowest BCUT2D eigenvalue weighted by molar-refractivity contribution is 1.09. The molecular weight excluding hydrogens is 442 g/mol. The highest BCUT2D eigenvalue weighted by Gasteiger charge is 2.17. The van der Waals surface area contributed by atoms with E-state index in [9.17, 15) is 0 Å². The number of rotatable bonds is 5. The highest BCUT2D eigenvalue weighted by Crippen LogP contribution is 2.35. The molecule has 0 spiro atoms. The molecule has 7 nitrogen and oxygen atoms in total. The number of imidazole rings is 1. The van der Waals surface area contributed by atoms with Gasteiger partial charge >= 0.3 is 0 Å². The summed E-state index contributed by atoms with van der Waals surface area (Å²) >= 11 is 1.67. The van der Waals surface area contributed by atoms with Crippen molar-refractivity contribution in [2.75, 3.05) is 0 Å². The molecule has 0 amide bonds. The number of hydrogen-bond acceptors (Lipinski definition) is 6. The molecule has 2 N–H and O–H groups in total. The van der Waals surface area contributed by atoms with Crippen LogP contribution >= 0.6 is 11.3 Å². The molecule has 0 saturated carbocycles. The molecule has 0 atom stereocenters. The summed E-state index contributed by atoms with van der Waals surface area (Å²) < 4.78 is 0. The smallest absolute Gasteiger partial charge is 0.181 e. The third kappa shape index (κ3) is 3.39. The Kier molecular flexibility index (Phi) is 4.81. The van der Waals surface area contributed by atoms with Crippen molar-refractivity contribution in [2.24, 2.45) is 0 Å². The van der Waals surface area contributed by atoms with E-state index in [1.54, 1.807) is 17.5 Å². The van der Waals surface area contributed by atoms with Crippen molar-refractivity contribution in [3.05, 3.63) is 72.1 Å². The van der Waals surface area contributed by atoms with Crippen LogP contribution < -0.4 is 0 Å². The molecular formula is C26H21N7S. The molecule has 0 aliphatic rings. The van der Waals surface area contributed by atoms with Crippen molar-refractivity contribution in [1.82, 2.24) is 35.1 Å². The Morgan fingerprint density at radius 3 is 2.76 bits per heavy atom. The monoisotopic (exact) mass is 463 g/mol. The number of H-pyrrole nitrogens is 2. The SMILES string of the molecule is C=C(C)c1ccc(-c2nccc3[nH]c(-c4[nH]nc5ncc(-c6cncc(CC)c6)cc45)nc23)s1. The van der Waals surface area contributed by atoms with E-state index in [4.69, 9.17) is 4.98 Å². The van der Waals surface area contributed by atoms with Crippen LogP contribution in [0.2, 0.25) is 0 Å². The molecule has 0 unspecified atom stereocenters. The van der Waals surface area contributed by atoms with Gasteiger partial charge in [-0.25, -0.2) is 9.97 Å². The number of thiophene rings is 1. The lowest BCUT2D eigenvalue weighted by Crippen LogP contribution is -1.87. The lowest BCUT2D eigenvalue weighted by atomic mass is 10.1. The van der Waals surface area contributed by atoms with E-state index in [1.165, 1.54) is 5.56 Å². The molecule has 0 aliphatic carbocycles. The number of allylic oxidation sites excluding steroid dienone is 1. The lowest BCUT2D eigenvalue weighted by Gasteiger charge is -2.03. The molecule has 6 aromatic rings. The molecule has 0 fully saturated rings. The molecule has 0 radical (unpaired) electrons. The normalized spacial score (nSPS) is 11.5. The molecule has 0 aliphatic heterocycles. The van der Waals surface area contributed by atoms with Gasteiger partial charge in [-0.05, 0) is 54.8 Å². The summed E-state index contributed by atoms with van der Waals surface area (Å²) in [6.07, 6.45) is 8.33. The van der Waals surface area contributed by atoms with Gasteiger partial charge in [0.05, 0.1) is 15.8 Å². The highest BCUT2D eigenvalue weighted by atomic mass is 32.1. The van der Waals surface area contributed by atoms with Gasteiger partial charge in [0.25, 0.3) is 0 Å². The molecule has 6 heterocycles. The second-order valence-corrected chi connectivity index (χ2v) is 9.30. The Labute approximate surface area is 199 Å². The van der Waals surface area contributed by atoms with Crippen LogP contribution in [0.1, 0.15) is 24.3 Å². The first-order valence-electron chi connectivity index (χ1n) is 11.0. The highest BCUT2D eigenvalue weighted by molar-refractivity contribution is 7.16. The van der Waals surface area contributed by atoms with Crippen LogP contribution in [0.15, 0.2) is 61.7 Å². The van der Waals surface area contributed by atoms with Crippen LogP contribution in [0.5, 0.6) is 0 Å². The van der Waals surface area contributed by atoms with E-state index in [0.717, 1.165) is 60.7 Å². The maximum absolute atomic E-state index is 4.92. The van der Waals surface area contributed by atoms with Gasteiger partial charge in [-0.1, -0.05) is 13.5 Å². The fourth-order valence-electron chi connectivity index (χ4n) is 4.01. The van der Waals surface area contributed by atoms with Gasteiger partial charge in [0.1, 0.15) is 16.9 Å². The molecule has 34 heavy (non-hydrogen) atoms. The Bertz CT molecular complexity index is 1690. The largest absolute Gasteiger partial charge is 0.337 e. The van der Waals surface area contributed by atoms with Gasteiger partial charge in [0.2, 0.25) is 0 Å². The standard InChI is InChI=1S/C26H21N7S/c1-4-15-9-16(12-27-11-15)17-10-18-22(32-33-25(18)29-13-17)26-30-19-7-8-28-24(23(19)31-26)21-6-5-20(34-21)14(2)3/h5-13H,2,4H2,1,3H3,(H,30,31)(H,29,32,33). The average molecular weight is 464 g/mol. The van der Waals surface area contributed by atoms with Gasteiger partial charge < -0.3 is 4.98 Å². The van der Waals surface area contributed by atoms with Crippen molar-refractivity contribution >= 4 is 39.0 Å². The van der Waals surface area contributed by atoms with E-state index in [2.05, 4.69) is 67.9 Å². The van der Waals surface area contributed by atoms with Crippen molar-refractivity contribution in [3.63, 3.8) is 0 Å². The van der Waals surface area contributed by atoms with Crippen LogP contribution in [0.4, 0.5) is 0 Å². The van der Waals surface area contributed by atoms with Crippen LogP contribution in [-0.4, -0.2) is 35.1 Å². The number of hydrogen-bond donors (Lipinski definition) is 2. The summed E-state index contributed by atoms with van der Waals surface area (Å²) in [4.78, 5) is 24.1. The fourth-order valence-corrected chi connectivity index (χ4v) is 4.93. The Morgan fingerprint density at radius 2 is 1.94 bits per heavy atom. The molecule has 166 valence electrons. The number of aromatic amines is 2. The molecule has 6 aromatic heterocycles. The zero-order chi connectivity index (χ0) is 23.2. The average Bonchev–Trinajstić information content (AvgIpc) is 3.61. The van der Waals surface area contributed by atoms with Gasteiger partial charge in [-0.15, -0.1) is 11.3 Å². The first-order valence-corrected chi connectivity index (χ1v) is 11.8. The first-order chi connectivity index (χ1) is 16.6. The number of nitrogens with zero attached hydrogens (tertiary/aromatic N) is 5. The minimum Gasteiger partial charge on any atom is -0.337 e. The summed E-state index contributed by atoms with van der Waals surface area (Å²) in [5.41, 5.74) is 8.26. The summed E-state index contributed by atoms with van der Waals surface area (Å²) in [7, 11) is 0. The maximum Gasteiger partial charge on any atom is 0.181 e. The zero-order valence-electron chi connectivity index (χ0n) is 18.8. The van der Waals surface area contributed by atoms with Gasteiger partial charge in [0, 0.05) is 40.8 Å². The predicted molar refractivity (Wildman–Crippen MR) is 137 cm³/mol.